The van der Waals surface area contributed by atoms with E-state index < -0.39 is 0 Å². The predicted octanol–water partition coefficient (Wildman–Crippen LogP) is 1.70. The molecule has 1 fully saturated rings. The highest BCUT2D eigenvalue weighted by molar-refractivity contribution is 5.17. The molecule has 0 bridgehead atoms. The van der Waals surface area contributed by atoms with E-state index in [1.54, 1.807) is 0 Å². The van der Waals surface area contributed by atoms with Gasteiger partial charge in [-0.25, -0.2) is 4.98 Å². The van der Waals surface area contributed by atoms with Gasteiger partial charge < -0.3 is 14.8 Å². The summed E-state index contributed by atoms with van der Waals surface area (Å²) in [5, 5.41) is 3.38. The third kappa shape index (κ3) is 3.84. The molecule has 18 heavy (non-hydrogen) atoms. The van der Waals surface area contributed by atoms with Crippen LogP contribution < -0.4 is 14.8 Å². The molecule has 100 valence electrons. The van der Waals surface area contributed by atoms with Crippen LogP contribution in [0, 0.1) is 6.92 Å². The van der Waals surface area contributed by atoms with E-state index >= 15 is 0 Å². The van der Waals surface area contributed by atoms with Crippen LogP contribution in [0.15, 0.2) is 6.07 Å². The van der Waals surface area contributed by atoms with E-state index in [2.05, 4.69) is 15.3 Å². The number of rotatable bonds is 5. The maximum atomic E-state index is 5.63. The third-order valence-electron chi connectivity index (χ3n) is 2.74. The zero-order valence-corrected chi connectivity index (χ0v) is 11.3. The largest absolute Gasteiger partial charge is 0.475 e. The lowest BCUT2D eigenvalue weighted by molar-refractivity contribution is 0.218. The lowest BCUT2D eigenvalue weighted by atomic mass is 10.2. The molecule has 5 heteroatoms. The van der Waals surface area contributed by atoms with Gasteiger partial charge in [0.25, 0.3) is 0 Å². The van der Waals surface area contributed by atoms with Crippen LogP contribution in [0.3, 0.4) is 0 Å². The fraction of sp³-hybridized carbons (Fsp3) is 0.692. The van der Waals surface area contributed by atoms with Gasteiger partial charge in [-0.15, -0.1) is 0 Å². The number of nitrogens with one attached hydrogen (secondary N) is 1. The molecular weight excluding hydrogens is 230 g/mol. The van der Waals surface area contributed by atoms with Gasteiger partial charge in [0, 0.05) is 17.8 Å². The van der Waals surface area contributed by atoms with Crippen molar-refractivity contribution >= 4 is 0 Å². The summed E-state index contributed by atoms with van der Waals surface area (Å²) in [6.45, 7) is 7.55. The van der Waals surface area contributed by atoms with Crippen molar-refractivity contribution in [2.75, 3.05) is 13.2 Å². The molecule has 0 saturated carbocycles. The van der Waals surface area contributed by atoms with Crippen LogP contribution in [-0.2, 0) is 0 Å². The fourth-order valence-electron chi connectivity index (χ4n) is 1.95. The second kappa shape index (κ2) is 6.00. The minimum Gasteiger partial charge on any atom is -0.475 e. The minimum atomic E-state index is 0.101. The van der Waals surface area contributed by atoms with Crippen molar-refractivity contribution in [1.82, 2.24) is 15.3 Å². The SMILES string of the molecule is Cc1cc(OC(C)C)nc(OCC2CCCN2)n1. The van der Waals surface area contributed by atoms with Crippen molar-refractivity contribution in [1.29, 1.82) is 0 Å². The number of ether oxygens (including phenoxy) is 2. The van der Waals surface area contributed by atoms with E-state index in [9.17, 15) is 0 Å². The Hall–Kier alpha value is -1.36. The van der Waals surface area contributed by atoms with Gasteiger partial charge in [-0.1, -0.05) is 0 Å². The Bertz CT molecular complexity index is 390. The molecular formula is C13H21N3O2. The Kier molecular flexibility index (Phi) is 4.36. The summed E-state index contributed by atoms with van der Waals surface area (Å²) in [7, 11) is 0. The lowest BCUT2D eigenvalue weighted by Gasteiger charge is -2.13. The Balaban J connectivity index is 1.96. The van der Waals surface area contributed by atoms with E-state index in [-0.39, 0.29) is 6.10 Å². The first kappa shape index (κ1) is 13.1. The zero-order chi connectivity index (χ0) is 13.0. The quantitative estimate of drug-likeness (QED) is 0.863. The minimum absolute atomic E-state index is 0.101. The van der Waals surface area contributed by atoms with E-state index in [0.29, 0.717) is 24.5 Å². The maximum Gasteiger partial charge on any atom is 0.319 e. The lowest BCUT2D eigenvalue weighted by Crippen LogP contribution is -2.28. The smallest absolute Gasteiger partial charge is 0.319 e. The molecule has 1 aromatic rings. The van der Waals surface area contributed by atoms with Crippen molar-refractivity contribution < 1.29 is 9.47 Å². The molecule has 2 rings (SSSR count). The maximum absolute atomic E-state index is 5.63. The highest BCUT2D eigenvalue weighted by Crippen LogP contribution is 2.15. The predicted molar refractivity (Wildman–Crippen MR) is 69.1 cm³/mol. The second-order valence-electron chi connectivity index (χ2n) is 4.90. The summed E-state index contributed by atoms with van der Waals surface area (Å²) in [5.74, 6) is 0.576. The molecule has 1 N–H and O–H groups in total. The first-order chi connectivity index (χ1) is 8.63. The van der Waals surface area contributed by atoms with E-state index in [0.717, 1.165) is 18.7 Å². The van der Waals surface area contributed by atoms with Crippen LogP contribution in [0.4, 0.5) is 0 Å². The average molecular weight is 251 g/mol. The molecule has 1 aliphatic heterocycles. The molecule has 1 aliphatic rings. The van der Waals surface area contributed by atoms with Gasteiger partial charge in [0.05, 0.1) is 6.10 Å². The number of aromatic nitrogens is 2. The highest BCUT2D eigenvalue weighted by atomic mass is 16.5. The van der Waals surface area contributed by atoms with Gasteiger partial charge in [0.1, 0.15) is 6.61 Å². The van der Waals surface area contributed by atoms with E-state index in [4.69, 9.17) is 9.47 Å². The second-order valence-corrected chi connectivity index (χ2v) is 4.90. The molecule has 1 saturated heterocycles. The van der Waals surface area contributed by atoms with Gasteiger partial charge in [-0.2, -0.15) is 4.98 Å². The average Bonchev–Trinajstić information content (AvgIpc) is 2.77. The molecule has 0 amide bonds. The van der Waals surface area contributed by atoms with E-state index in [1.165, 1.54) is 6.42 Å². The van der Waals surface area contributed by atoms with Crippen LogP contribution >= 0.6 is 0 Å². The molecule has 0 aliphatic carbocycles. The molecule has 1 unspecified atom stereocenters. The molecule has 0 spiro atoms. The molecule has 2 heterocycles. The molecule has 1 atom stereocenters. The fourth-order valence-corrected chi connectivity index (χ4v) is 1.95. The topological polar surface area (TPSA) is 56.3 Å². The molecule has 0 aromatic carbocycles. The van der Waals surface area contributed by atoms with Crippen molar-refractivity contribution in [3.63, 3.8) is 0 Å². The Morgan fingerprint density at radius 3 is 2.94 bits per heavy atom. The van der Waals surface area contributed by atoms with Gasteiger partial charge in [-0.05, 0) is 40.2 Å². The highest BCUT2D eigenvalue weighted by Gasteiger charge is 2.15. The number of nitrogens with zero attached hydrogens (tertiary/aromatic N) is 2. The first-order valence-electron chi connectivity index (χ1n) is 6.52. The summed E-state index contributed by atoms with van der Waals surface area (Å²) < 4.78 is 11.2. The first-order valence-corrected chi connectivity index (χ1v) is 6.52. The van der Waals surface area contributed by atoms with Crippen molar-refractivity contribution in [3.8, 4) is 11.9 Å². The summed E-state index contributed by atoms with van der Waals surface area (Å²) >= 11 is 0. The van der Waals surface area contributed by atoms with Gasteiger partial charge in [0.15, 0.2) is 0 Å². The van der Waals surface area contributed by atoms with Crippen molar-refractivity contribution in [2.24, 2.45) is 0 Å². The van der Waals surface area contributed by atoms with Gasteiger partial charge in [-0.3, -0.25) is 0 Å². The summed E-state index contributed by atoms with van der Waals surface area (Å²) in [5.41, 5.74) is 0.857. The van der Waals surface area contributed by atoms with Crippen LogP contribution in [0.25, 0.3) is 0 Å². The Morgan fingerprint density at radius 2 is 2.28 bits per heavy atom. The van der Waals surface area contributed by atoms with Crippen LogP contribution in [0.5, 0.6) is 11.9 Å². The summed E-state index contributed by atoms with van der Waals surface area (Å²) in [6, 6.07) is 2.64. The molecule has 1 aromatic heterocycles. The standard InChI is InChI=1S/C13H21N3O2/c1-9(2)18-12-7-10(3)15-13(16-12)17-8-11-5-4-6-14-11/h7,9,11,14H,4-6,8H2,1-3H3. The molecule has 5 nitrogen and oxygen atoms in total. The number of hydrogen-bond donors (Lipinski definition) is 1. The van der Waals surface area contributed by atoms with Gasteiger partial charge in [0.2, 0.25) is 5.88 Å². The normalized spacial score (nSPS) is 19.2. The summed E-state index contributed by atoms with van der Waals surface area (Å²) in [4.78, 5) is 8.51. The number of hydrogen-bond acceptors (Lipinski definition) is 5. The number of aryl methyl sites for hydroxylation is 1. The van der Waals surface area contributed by atoms with E-state index in [1.807, 2.05) is 26.8 Å². The summed E-state index contributed by atoms with van der Waals surface area (Å²) in [6.07, 6.45) is 2.47. The van der Waals surface area contributed by atoms with Crippen molar-refractivity contribution in [2.45, 2.75) is 45.8 Å². The Labute approximate surface area is 108 Å². The molecule has 0 radical (unpaired) electrons. The van der Waals surface area contributed by atoms with Gasteiger partial charge >= 0.3 is 6.01 Å². The van der Waals surface area contributed by atoms with Crippen LogP contribution in [0.2, 0.25) is 0 Å². The Morgan fingerprint density at radius 1 is 1.44 bits per heavy atom. The third-order valence-corrected chi connectivity index (χ3v) is 2.74. The van der Waals surface area contributed by atoms with Crippen molar-refractivity contribution in [3.05, 3.63) is 11.8 Å². The zero-order valence-electron chi connectivity index (χ0n) is 11.3. The monoisotopic (exact) mass is 251 g/mol. The van der Waals surface area contributed by atoms with Crippen LogP contribution in [-0.4, -0.2) is 35.3 Å². The van der Waals surface area contributed by atoms with Crippen LogP contribution in [0.1, 0.15) is 32.4 Å².